The smallest absolute Gasteiger partial charge is 0.243 e. The molecule has 0 amide bonds. The van der Waals surface area contributed by atoms with Gasteiger partial charge in [0.1, 0.15) is 6.07 Å². The molecule has 4 aromatic rings. The van der Waals surface area contributed by atoms with Crippen molar-refractivity contribution in [3.8, 4) is 17.3 Å². The van der Waals surface area contributed by atoms with Gasteiger partial charge < -0.3 is 0 Å². The number of aromatic nitrogens is 2. The van der Waals surface area contributed by atoms with Gasteiger partial charge in [0, 0.05) is 13.1 Å². The number of hydrogen-bond donors (Lipinski definition) is 0. The van der Waals surface area contributed by atoms with Crippen molar-refractivity contribution in [1.29, 1.82) is 5.26 Å². The number of nitrogens with zero attached hydrogens (tertiary/aromatic N) is 4. The molecule has 1 fully saturated rings. The number of piperidine rings is 1. The van der Waals surface area contributed by atoms with Crippen LogP contribution in [0.5, 0.6) is 0 Å². The summed E-state index contributed by atoms with van der Waals surface area (Å²) in [6.07, 6.45) is 1.04. The molecule has 0 unspecified atom stereocenters. The van der Waals surface area contributed by atoms with Crippen LogP contribution in [0, 0.1) is 30.1 Å². The summed E-state index contributed by atoms with van der Waals surface area (Å²) in [6.45, 7) is 7.19. The van der Waals surface area contributed by atoms with Gasteiger partial charge in [0.25, 0.3) is 0 Å². The third-order valence-corrected chi connectivity index (χ3v) is 8.32. The molecule has 7 heteroatoms. The molecule has 0 aliphatic carbocycles. The van der Waals surface area contributed by atoms with Crippen LogP contribution in [0.25, 0.3) is 27.9 Å². The van der Waals surface area contributed by atoms with E-state index in [2.05, 4.69) is 19.9 Å². The molecule has 2 aromatic heterocycles. The summed E-state index contributed by atoms with van der Waals surface area (Å²) >= 11 is 0. The van der Waals surface area contributed by atoms with E-state index < -0.39 is 10.0 Å². The predicted molar refractivity (Wildman–Crippen MR) is 129 cm³/mol. The molecule has 1 saturated heterocycles. The Labute approximate surface area is 194 Å². The second-order valence-corrected chi connectivity index (χ2v) is 11.2. The van der Waals surface area contributed by atoms with Crippen molar-refractivity contribution in [2.75, 3.05) is 13.1 Å². The summed E-state index contributed by atoms with van der Waals surface area (Å²) < 4.78 is 30.6. The fourth-order valence-corrected chi connectivity index (χ4v) is 6.80. The number of hydrogen-bond acceptors (Lipinski definition) is 4. The van der Waals surface area contributed by atoms with Gasteiger partial charge in [-0.1, -0.05) is 38.1 Å². The lowest BCUT2D eigenvalue weighted by Crippen LogP contribution is -2.42. The molecule has 0 N–H and O–H groups in total. The summed E-state index contributed by atoms with van der Waals surface area (Å²) in [6, 6.07) is 19.1. The van der Waals surface area contributed by atoms with E-state index in [1.807, 2.05) is 47.7 Å². The maximum Gasteiger partial charge on any atom is 0.243 e. The predicted octanol–water partition coefficient (Wildman–Crippen LogP) is 5.00. The number of rotatable bonds is 3. The average molecular weight is 459 g/mol. The van der Waals surface area contributed by atoms with Crippen molar-refractivity contribution < 1.29 is 8.42 Å². The van der Waals surface area contributed by atoms with Crippen LogP contribution in [-0.2, 0) is 10.0 Å². The van der Waals surface area contributed by atoms with Crippen LogP contribution < -0.4 is 0 Å². The Bertz CT molecular complexity index is 1520. The molecule has 33 heavy (non-hydrogen) atoms. The minimum Gasteiger partial charge on any atom is -0.291 e. The van der Waals surface area contributed by atoms with E-state index in [1.54, 1.807) is 22.5 Å². The van der Waals surface area contributed by atoms with E-state index in [0.717, 1.165) is 34.3 Å². The monoisotopic (exact) mass is 458 g/mol. The van der Waals surface area contributed by atoms with E-state index in [-0.39, 0.29) is 0 Å². The van der Waals surface area contributed by atoms with Crippen molar-refractivity contribution in [3.63, 3.8) is 0 Å². The Hall–Kier alpha value is -3.21. The van der Waals surface area contributed by atoms with Gasteiger partial charge in [0.15, 0.2) is 5.65 Å². The highest BCUT2D eigenvalue weighted by molar-refractivity contribution is 7.89. The molecule has 5 rings (SSSR count). The van der Waals surface area contributed by atoms with Crippen molar-refractivity contribution in [2.45, 2.75) is 32.1 Å². The second-order valence-electron chi connectivity index (χ2n) is 9.25. The SMILES string of the molecule is Cc1cc(-c2cccc(S(=O)(=O)N3C[C@H](C)C[C@H](C)C3)c2)n2c(nc3ccccc32)c1C#N. The Kier molecular flexibility index (Phi) is 5.23. The van der Waals surface area contributed by atoms with Gasteiger partial charge in [-0.15, -0.1) is 0 Å². The Balaban J connectivity index is 1.70. The molecular weight excluding hydrogens is 432 g/mol. The maximum absolute atomic E-state index is 13.5. The molecule has 0 spiro atoms. The van der Waals surface area contributed by atoms with Gasteiger partial charge in [-0.3, -0.25) is 4.40 Å². The number of para-hydroxylation sites is 2. The lowest BCUT2D eigenvalue weighted by molar-refractivity contribution is 0.222. The molecule has 6 nitrogen and oxygen atoms in total. The molecular formula is C26H26N4O2S. The van der Waals surface area contributed by atoms with Crippen LogP contribution in [0.4, 0.5) is 0 Å². The van der Waals surface area contributed by atoms with Gasteiger partial charge in [-0.05, 0) is 66.6 Å². The van der Waals surface area contributed by atoms with E-state index in [0.29, 0.717) is 41.0 Å². The molecule has 0 saturated carbocycles. The van der Waals surface area contributed by atoms with Crippen molar-refractivity contribution in [3.05, 3.63) is 65.7 Å². The molecule has 0 bridgehead atoms. The zero-order valence-corrected chi connectivity index (χ0v) is 19.8. The Morgan fingerprint density at radius 2 is 1.76 bits per heavy atom. The molecule has 3 heterocycles. The fourth-order valence-electron chi connectivity index (χ4n) is 5.07. The first kappa shape index (κ1) is 21.6. The molecule has 1 aliphatic rings. The Morgan fingerprint density at radius 3 is 2.48 bits per heavy atom. The first-order valence-corrected chi connectivity index (χ1v) is 12.6. The van der Waals surface area contributed by atoms with Crippen LogP contribution in [0.15, 0.2) is 59.5 Å². The lowest BCUT2D eigenvalue weighted by atomic mass is 9.94. The number of benzene rings is 2. The van der Waals surface area contributed by atoms with Crippen LogP contribution in [0.3, 0.4) is 0 Å². The average Bonchev–Trinajstić information content (AvgIpc) is 3.17. The molecule has 1 aliphatic heterocycles. The van der Waals surface area contributed by atoms with Crippen LogP contribution in [0.1, 0.15) is 31.4 Å². The van der Waals surface area contributed by atoms with Crippen molar-refractivity contribution in [2.24, 2.45) is 11.8 Å². The van der Waals surface area contributed by atoms with Gasteiger partial charge in [-0.25, -0.2) is 13.4 Å². The van der Waals surface area contributed by atoms with Crippen LogP contribution in [-0.4, -0.2) is 35.2 Å². The molecule has 168 valence electrons. The van der Waals surface area contributed by atoms with Gasteiger partial charge in [-0.2, -0.15) is 9.57 Å². The summed E-state index contributed by atoms with van der Waals surface area (Å²) in [5.41, 5.74) is 5.17. The van der Waals surface area contributed by atoms with Crippen LogP contribution >= 0.6 is 0 Å². The summed E-state index contributed by atoms with van der Waals surface area (Å²) in [7, 11) is -3.61. The fraction of sp³-hybridized carbons (Fsp3) is 0.308. The molecule has 0 radical (unpaired) electrons. The first-order valence-electron chi connectivity index (χ1n) is 11.2. The minimum absolute atomic E-state index is 0.292. The van der Waals surface area contributed by atoms with E-state index >= 15 is 0 Å². The number of sulfonamides is 1. The van der Waals surface area contributed by atoms with Gasteiger partial charge in [0.2, 0.25) is 10.0 Å². The van der Waals surface area contributed by atoms with Gasteiger partial charge >= 0.3 is 0 Å². The van der Waals surface area contributed by atoms with Crippen molar-refractivity contribution >= 4 is 26.7 Å². The third kappa shape index (κ3) is 3.60. The lowest BCUT2D eigenvalue weighted by Gasteiger charge is -2.34. The third-order valence-electron chi connectivity index (χ3n) is 6.49. The maximum atomic E-state index is 13.5. The minimum atomic E-state index is -3.61. The normalized spacial score (nSPS) is 19.7. The van der Waals surface area contributed by atoms with Crippen LogP contribution in [0.2, 0.25) is 0 Å². The summed E-state index contributed by atoms with van der Waals surface area (Å²) in [5.74, 6) is 0.676. The molecule has 2 aromatic carbocycles. The van der Waals surface area contributed by atoms with Gasteiger partial charge in [0.05, 0.1) is 27.2 Å². The zero-order valence-electron chi connectivity index (χ0n) is 19.0. The standard InChI is InChI=1S/C26H26N4O2S/c1-17-11-18(2)16-29(15-17)33(31,32)21-8-6-7-20(13-21)25-12-19(3)22(14-27)26-28-23-9-4-5-10-24(23)30(25)26/h4-10,12-13,17-18H,11,15-16H2,1-3H3/t17-,18+. The quantitative estimate of drug-likeness (QED) is 0.433. The first-order chi connectivity index (χ1) is 15.8. The number of fused-ring (bicyclic) bond motifs is 3. The van der Waals surface area contributed by atoms with Crippen molar-refractivity contribution in [1.82, 2.24) is 13.7 Å². The largest absolute Gasteiger partial charge is 0.291 e. The van der Waals surface area contributed by atoms with E-state index in [4.69, 9.17) is 4.98 Å². The highest BCUT2D eigenvalue weighted by atomic mass is 32.2. The second kappa shape index (κ2) is 7.98. The number of aryl methyl sites for hydroxylation is 1. The highest BCUT2D eigenvalue weighted by Crippen LogP contribution is 2.32. The molecule has 2 atom stereocenters. The zero-order chi connectivity index (χ0) is 23.3. The summed E-state index contributed by atoms with van der Waals surface area (Å²) in [4.78, 5) is 5.00. The number of nitriles is 1. The topological polar surface area (TPSA) is 78.5 Å². The highest BCUT2D eigenvalue weighted by Gasteiger charge is 2.32. The van der Waals surface area contributed by atoms with E-state index in [1.165, 1.54) is 0 Å². The number of imidazole rings is 1. The Morgan fingerprint density at radius 1 is 1.03 bits per heavy atom. The number of pyridine rings is 1. The van der Waals surface area contributed by atoms with E-state index in [9.17, 15) is 13.7 Å². The summed E-state index contributed by atoms with van der Waals surface area (Å²) in [5, 5.41) is 9.75.